The smallest absolute Gasteiger partial charge is 0.257 e. The summed E-state index contributed by atoms with van der Waals surface area (Å²) in [6, 6.07) is 0. The zero-order valence-corrected chi connectivity index (χ0v) is 12.5. The molecule has 1 aromatic heterocycles. The molecule has 1 aliphatic carbocycles. The lowest BCUT2D eigenvalue weighted by molar-refractivity contribution is 0.535. The van der Waals surface area contributed by atoms with Gasteiger partial charge in [0.05, 0.1) is 6.20 Å². The van der Waals surface area contributed by atoms with Crippen LogP contribution >= 0.6 is 0 Å². The van der Waals surface area contributed by atoms with Gasteiger partial charge in [-0.05, 0) is 24.3 Å². The molecule has 1 unspecified atom stereocenters. The van der Waals surface area contributed by atoms with Crippen LogP contribution in [0.1, 0.15) is 32.8 Å². The summed E-state index contributed by atoms with van der Waals surface area (Å²) in [5.41, 5.74) is 0.938. The SMILES string of the molecule is CCNCc1cn[nH]c1S(=O)(=O)NCC1CC1(C)C. The van der Waals surface area contributed by atoms with Crippen molar-refractivity contribution in [3.8, 4) is 0 Å². The molecular formula is C12H22N4O2S. The summed E-state index contributed by atoms with van der Waals surface area (Å²) in [5, 5.41) is 9.68. The Kier molecular flexibility index (Phi) is 3.98. The van der Waals surface area contributed by atoms with Crippen molar-refractivity contribution < 1.29 is 8.42 Å². The average Bonchev–Trinajstić information content (AvgIpc) is 2.77. The second-order valence-electron chi connectivity index (χ2n) is 5.75. The fourth-order valence-corrected chi connectivity index (χ4v) is 3.33. The van der Waals surface area contributed by atoms with Crippen LogP contribution in [0.4, 0.5) is 0 Å². The number of hydrogen-bond donors (Lipinski definition) is 3. The van der Waals surface area contributed by atoms with E-state index in [-0.39, 0.29) is 10.4 Å². The molecular weight excluding hydrogens is 264 g/mol. The molecule has 1 heterocycles. The third-order valence-corrected chi connectivity index (χ3v) is 5.19. The molecule has 19 heavy (non-hydrogen) atoms. The fraction of sp³-hybridized carbons (Fsp3) is 0.750. The third kappa shape index (κ3) is 3.34. The van der Waals surface area contributed by atoms with E-state index in [0.29, 0.717) is 24.6 Å². The second-order valence-corrected chi connectivity index (χ2v) is 7.45. The van der Waals surface area contributed by atoms with Crippen molar-refractivity contribution >= 4 is 10.0 Å². The minimum absolute atomic E-state index is 0.173. The first-order chi connectivity index (χ1) is 8.87. The number of nitrogens with zero attached hydrogens (tertiary/aromatic N) is 1. The van der Waals surface area contributed by atoms with Gasteiger partial charge in [0.1, 0.15) is 0 Å². The van der Waals surface area contributed by atoms with Crippen LogP contribution in [-0.2, 0) is 16.6 Å². The average molecular weight is 286 g/mol. The molecule has 7 heteroatoms. The maximum atomic E-state index is 12.2. The molecule has 108 valence electrons. The highest BCUT2D eigenvalue weighted by molar-refractivity contribution is 7.89. The molecule has 6 nitrogen and oxygen atoms in total. The second kappa shape index (κ2) is 5.22. The van der Waals surface area contributed by atoms with E-state index >= 15 is 0 Å². The number of rotatable bonds is 7. The van der Waals surface area contributed by atoms with Crippen LogP contribution in [0.2, 0.25) is 0 Å². The van der Waals surface area contributed by atoms with E-state index in [1.54, 1.807) is 6.20 Å². The molecule has 0 aromatic carbocycles. The summed E-state index contributed by atoms with van der Waals surface area (Å²) < 4.78 is 27.1. The number of hydrogen-bond acceptors (Lipinski definition) is 4. The molecule has 0 radical (unpaired) electrons. The molecule has 1 fully saturated rings. The summed E-state index contributed by atoms with van der Waals surface area (Å²) in [7, 11) is -3.49. The molecule has 1 saturated carbocycles. The maximum Gasteiger partial charge on any atom is 0.257 e. The van der Waals surface area contributed by atoms with Gasteiger partial charge in [0.2, 0.25) is 0 Å². The van der Waals surface area contributed by atoms with Crippen LogP contribution in [0.15, 0.2) is 11.2 Å². The zero-order chi connectivity index (χ0) is 14.1. The Morgan fingerprint density at radius 3 is 2.79 bits per heavy atom. The largest absolute Gasteiger partial charge is 0.313 e. The van der Waals surface area contributed by atoms with Gasteiger partial charge in [-0.25, -0.2) is 13.1 Å². The van der Waals surface area contributed by atoms with Gasteiger partial charge >= 0.3 is 0 Å². The number of aromatic nitrogens is 2. The topological polar surface area (TPSA) is 86.9 Å². The lowest BCUT2D eigenvalue weighted by Crippen LogP contribution is -2.28. The molecule has 1 aliphatic rings. The van der Waals surface area contributed by atoms with Crippen molar-refractivity contribution in [3.05, 3.63) is 11.8 Å². The lowest BCUT2D eigenvalue weighted by atomic mass is 10.1. The minimum Gasteiger partial charge on any atom is -0.313 e. The van der Waals surface area contributed by atoms with Crippen molar-refractivity contribution in [1.82, 2.24) is 20.2 Å². The minimum atomic E-state index is -3.49. The van der Waals surface area contributed by atoms with E-state index in [2.05, 4.69) is 34.1 Å². The van der Waals surface area contributed by atoms with E-state index in [9.17, 15) is 8.42 Å². The summed E-state index contributed by atoms with van der Waals surface area (Å²) >= 11 is 0. The summed E-state index contributed by atoms with van der Waals surface area (Å²) in [4.78, 5) is 0. The Bertz CT molecular complexity index is 536. The van der Waals surface area contributed by atoms with Crippen LogP contribution in [0.3, 0.4) is 0 Å². The van der Waals surface area contributed by atoms with Crippen molar-refractivity contribution in [3.63, 3.8) is 0 Å². The van der Waals surface area contributed by atoms with Crippen molar-refractivity contribution in [2.45, 2.75) is 38.8 Å². The van der Waals surface area contributed by atoms with E-state index in [1.807, 2.05) is 6.92 Å². The van der Waals surface area contributed by atoms with Crippen LogP contribution in [0, 0.1) is 11.3 Å². The Balaban J connectivity index is 2.01. The van der Waals surface area contributed by atoms with E-state index < -0.39 is 10.0 Å². The predicted octanol–water partition coefficient (Wildman–Crippen LogP) is 0.844. The Morgan fingerprint density at radius 1 is 1.53 bits per heavy atom. The normalized spacial score (nSPS) is 21.5. The zero-order valence-electron chi connectivity index (χ0n) is 11.7. The number of H-pyrrole nitrogens is 1. The van der Waals surface area contributed by atoms with Crippen molar-refractivity contribution in [2.24, 2.45) is 11.3 Å². The van der Waals surface area contributed by atoms with Gasteiger partial charge in [0.15, 0.2) is 5.03 Å². The molecule has 0 amide bonds. The van der Waals surface area contributed by atoms with Gasteiger partial charge in [-0.2, -0.15) is 5.10 Å². The predicted molar refractivity (Wildman–Crippen MR) is 73.0 cm³/mol. The van der Waals surface area contributed by atoms with Gasteiger partial charge in [0, 0.05) is 18.7 Å². The molecule has 0 aliphatic heterocycles. The fourth-order valence-electron chi connectivity index (χ4n) is 2.12. The van der Waals surface area contributed by atoms with Gasteiger partial charge in [-0.15, -0.1) is 0 Å². The van der Waals surface area contributed by atoms with Gasteiger partial charge < -0.3 is 5.32 Å². The Morgan fingerprint density at radius 2 is 2.21 bits per heavy atom. The standard InChI is InChI=1S/C12H22N4O2S/c1-4-13-6-9-7-14-16-11(9)19(17,18)15-8-10-5-12(10,2)3/h7,10,13,15H,4-6,8H2,1-3H3,(H,14,16). The molecule has 0 saturated heterocycles. The molecule has 1 atom stereocenters. The molecule has 3 N–H and O–H groups in total. The summed E-state index contributed by atoms with van der Waals surface area (Å²) in [6.45, 7) is 8.06. The van der Waals surface area contributed by atoms with E-state index in [0.717, 1.165) is 13.0 Å². The number of aromatic amines is 1. The molecule has 2 rings (SSSR count). The van der Waals surface area contributed by atoms with Crippen LogP contribution in [0.25, 0.3) is 0 Å². The van der Waals surface area contributed by atoms with Crippen LogP contribution in [0.5, 0.6) is 0 Å². The maximum absolute atomic E-state index is 12.2. The monoisotopic (exact) mass is 286 g/mol. The number of nitrogens with one attached hydrogen (secondary N) is 3. The highest BCUT2D eigenvalue weighted by atomic mass is 32.2. The third-order valence-electron chi connectivity index (χ3n) is 3.75. The van der Waals surface area contributed by atoms with Gasteiger partial charge in [-0.3, -0.25) is 5.10 Å². The summed E-state index contributed by atoms with van der Waals surface area (Å²) in [6.07, 6.45) is 2.63. The van der Waals surface area contributed by atoms with Crippen LogP contribution in [-0.4, -0.2) is 31.7 Å². The van der Waals surface area contributed by atoms with E-state index in [1.165, 1.54) is 0 Å². The molecule has 0 spiro atoms. The summed E-state index contributed by atoms with van der Waals surface area (Å²) in [5.74, 6) is 0.433. The highest BCUT2D eigenvalue weighted by Gasteiger charge is 2.45. The number of sulfonamides is 1. The Labute approximate surface area is 114 Å². The first-order valence-corrected chi connectivity index (χ1v) is 8.08. The van der Waals surface area contributed by atoms with Crippen LogP contribution < -0.4 is 10.0 Å². The first-order valence-electron chi connectivity index (χ1n) is 6.59. The highest BCUT2D eigenvalue weighted by Crippen LogP contribution is 2.51. The van der Waals surface area contributed by atoms with Crippen molar-refractivity contribution in [2.75, 3.05) is 13.1 Å². The molecule has 0 bridgehead atoms. The lowest BCUT2D eigenvalue weighted by Gasteiger charge is -2.08. The van der Waals surface area contributed by atoms with Gasteiger partial charge in [-0.1, -0.05) is 20.8 Å². The first kappa shape index (κ1) is 14.5. The molecule has 1 aromatic rings. The Hall–Kier alpha value is -0.920. The van der Waals surface area contributed by atoms with Crippen molar-refractivity contribution in [1.29, 1.82) is 0 Å². The quantitative estimate of drug-likeness (QED) is 0.693. The van der Waals surface area contributed by atoms with E-state index in [4.69, 9.17) is 0 Å². The van der Waals surface area contributed by atoms with Gasteiger partial charge in [0.25, 0.3) is 10.0 Å².